The molecule has 1 aliphatic rings. The predicted molar refractivity (Wildman–Crippen MR) is 119 cm³/mol. The van der Waals surface area contributed by atoms with E-state index in [-0.39, 0.29) is 29.9 Å². The predicted octanol–water partition coefficient (Wildman–Crippen LogP) is 2.87. The standard InChI is InChI=1S/C23H23N5O4/c1-23(2)17-10-14(8-9-15(17)21(31)32-23)26-22-25-11-16(19(24)30)20(28-22)27-18(12-29)13-6-4-3-5-7-13/h3-11,18,29H,12H2,1-2H3,(H2,24,30)(H2,25,26,27,28)/t18-/m1/s1. The van der Waals surface area contributed by atoms with Crippen molar-refractivity contribution >= 4 is 29.3 Å². The van der Waals surface area contributed by atoms with Gasteiger partial charge in [-0.05, 0) is 37.6 Å². The van der Waals surface area contributed by atoms with Crippen LogP contribution < -0.4 is 16.4 Å². The molecule has 2 heterocycles. The molecule has 0 bridgehead atoms. The number of esters is 1. The zero-order chi connectivity index (χ0) is 22.9. The molecule has 32 heavy (non-hydrogen) atoms. The molecule has 1 aromatic heterocycles. The number of primary amides is 1. The molecule has 2 aromatic carbocycles. The van der Waals surface area contributed by atoms with Gasteiger partial charge in [0.25, 0.3) is 5.91 Å². The topological polar surface area (TPSA) is 139 Å². The van der Waals surface area contributed by atoms with Crippen molar-refractivity contribution in [3.63, 3.8) is 0 Å². The zero-order valence-electron chi connectivity index (χ0n) is 17.6. The van der Waals surface area contributed by atoms with Crippen LogP contribution >= 0.6 is 0 Å². The fourth-order valence-corrected chi connectivity index (χ4v) is 3.59. The Morgan fingerprint density at radius 2 is 1.97 bits per heavy atom. The van der Waals surface area contributed by atoms with Crippen molar-refractivity contribution in [3.05, 3.63) is 77.0 Å². The van der Waals surface area contributed by atoms with Gasteiger partial charge in [-0.1, -0.05) is 30.3 Å². The first-order valence-corrected chi connectivity index (χ1v) is 10.0. The average molecular weight is 433 g/mol. The first-order chi connectivity index (χ1) is 15.3. The smallest absolute Gasteiger partial charge is 0.339 e. The summed E-state index contributed by atoms with van der Waals surface area (Å²) in [5.41, 5.74) is 7.59. The summed E-state index contributed by atoms with van der Waals surface area (Å²) in [6, 6.07) is 14.0. The molecular formula is C23H23N5O4. The lowest BCUT2D eigenvalue weighted by atomic mass is 9.95. The number of nitrogens with zero attached hydrogens (tertiary/aromatic N) is 2. The largest absolute Gasteiger partial charge is 0.451 e. The molecular weight excluding hydrogens is 410 g/mol. The number of carbonyl (C=O) groups excluding carboxylic acids is 2. The second kappa shape index (κ2) is 8.27. The number of nitrogens with one attached hydrogen (secondary N) is 2. The minimum absolute atomic E-state index is 0.0963. The third-order valence-electron chi connectivity index (χ3n) is 5.24. The molecule has 9 nitrogen and oxygen atoms in total. The van der Waals surface area contributed by atoms with Gasteiger partial charge in [0.2, 0.25) is 5.95 Å². The van der Waals surface area contributed by atoms with Gasteiger partial charge in [0, 0.05) is 17.4 Å². The SMILES string of the molecule is CC1(C)OC(=O)c2ccc(Nc3ncc(C(N)=O)c(N[C@H](CO)c4ccccc4)n3)cc21. The molecule has 0 radical (unpaired) electrons. The van der Waals surface area contributed by atoms with Crippen LogP contribution in [-0.4, -0.2) is 33.6 Å². The number of aromatic nitrogens is 2. The quantitative estimate of drug-likeness (QED) is 0.417. The van der Waals surface area contributed by atoms with Crippen LogP contribution in [0.25, 0.3) is 0 Å². The summed E-state index contributed by atoms with van der Waals surface area (Å²) < 4.78 is 5.40. The number of aliphatic hydroxyl groups is 1. The van der Waals surface area contributed by atoms with Crippen molar-refractivity contribution < 1.29 is 19.4 Å². The monoisotopic (exact) mass is 433 g/mol. The lowest BCUT2D eigenvalue weighted by molar-refractivity contribution is 0.00953. The highest BCUT2D eigenvalue weighted by Gasteiger charge is 2.37. The summed E-state index contributed by atoms with van der Waals surface area (Å²) in [4.78, 5) is 32.5. The number of rotatable bonds is 7. The third kappa shape index (κ3) is 4.10. The molecule has 0 fully saturated rings. The maximum Gasteiger partial charge on any atom is 0.339 e. The van der Waals surface area contributed by atoms with Gasteiger partial charge in [-0.25, -0.2) is 9.78 Å². The van der Waals surface area contributed by atoms with Gasteiger partial charge in [0.15, 0.2) is 0 Å². The van der Waals surface area contributed by atoms with Crippen LogP contribution in [0.15, 0.2) is 54.7 Å². The van der Waals surface area contributed by atoms with E-state index >= 15 is 0 Å². The number of hydrogen-bond donors (Lipinski definition) is 4. The van der Waals surface area contributed by atoms with Crippen LogP contribution in [0.2, 0.25) is 0 Å². The highest BCUT2D eigenvalue weighted by Crippen LogP contribution is 2.37. The van der Waals surface area contributed by atoms with Gasteiger partial charge in [-0.3, -0.25) is 4.79 Å². The fraction of sp³-hybridized carbons (Fsp3) is 0.217. The van der Waals surface area contributed by atoms with Crippen LogP contribution in [0, 0.1) is 0 Å². The minimum atomic E-state index is -0.739. The molecule has 0 spiro atoms. The van der Waals surface area contributed by atoms with E-state index in [1.807, 2.05) is 44.2 Å². The van der Waals surface area contributed by atoms with Crippen molar-refractivity contribution in [1.29, 1.82) is 0 Å². The maximum absolute atomic E-state index is 12.0. The molecule has 1 atom stereocenters. The highest BCUT2D eigenvalue weighted by molar-refractivity contribution is 5.97. The Morgan fingerprint density at radius 3 is 2.66 bits per heavy atom. The lowest BCUT2D eigenvalue weighted by Crippen LogP contribution is -2.21. The highest BCUT2D eigenvalue weighted by atomic mass is 16.6. The van der Waals surface area contributed by atoms with E-state index in [2.05, 4.69) is 20.6 Å². The number of cyclic esters (lactones) is 1. The molecule has 0 unspecified atom stereocenters. The fourth-order valence-electron chi connectivity index (χ4n) is 3.59. The normalized spacial score (nSPS) is 14.9. The second-order valence-electron chi connectivity index (χ2n) is 7.90. The maximum atomic E-state index is 12.0. The molecule has 0 aliphatic carbocycles. The van der Waals surface area contributed by atoms with Gasteiger partial charge < -0.3 is 26.2 Å². The number of amides is 1. The van der Waals surface area contributed by atoms with Crippen molar-refractivity contribution in [2.24, 2.45) is 5.73 Å². The van der Waals surface area contributed by atoms with E-state index in [0.29, 0.717) is 11.3 Å². The van der Waals surface area contributed by atoms with E-state index in [1.54, 1.807) is 18.2 Å². The summed E-state index contributed by atoms with van der Waals surface area (Å²) in [7, 11) is 0. The Kier molecular flexibility index (Phi) is 5.50. The number of ether oxygens (including phenoxy) is 1. The Hall–Kier alpha value is -3.98. The van der Waals surface area contributed by atoms with Crippen LogP contribution in [0.1, 0.15) is 51.7 Å². The van der Waals surface area contributed by atoms with Crippen LogP contribution in [0.4, 0.5) is 17.5 Å². The van der Waals surface area contributed by atoms with E-state index in [9.17, 15) is 14.7 Å². The molecule has 4 rings (SSSR count). The number of aliphatic hydroxyl groups excluding tert-OH is 1. The molecule has 1 aliphatic heterocycles. The lowest BCUT2D eigenvalue weighted by Gasteiger charge is -2.20. The first-order valence-electron chi connectivity index (χ1n) is 10.0. The molecule has 0 saturated carbocycles. The zero-order valence-corrected chi connectivity index (χ0v) is 17.6. The van der Waals surface area contributed by atoms with Crippen LogP contribution in [0.5, 0.6) is 0 Å². The van der Waals surface area contributed by atoms with Gasteiger partial charge in [-0.15, -0.1) is 0 Å². The summed E-state index contributed by atoms with van der Waals surface area (Å²) >= 11 is 0. The average Bonchev–Trinajstić information content (AvgIpc) is 3.00. The Balaban J connectivity index is 1.64. The molecule has 0 saturated heterocycles. The summed E-state index contributed by atoms with van der Waals surface area (Å²) in [6.07, 6.45) is 1.32. The Labute approximate surface area is 184 Å². The first kappa shape index (κ1) is 21.3. The summed E-state index contributed by atoms with van der Waals surface area (Å²) in [6.45, 7) is 3.42. The Bertz CT molecular complexity index is 1180. The number of carbonyl (C=O) groups is 2. The molecule has 164 valence electrons. The van der Waals surface area contributed by atoms with Crippen molar-refractivity contribution in [3.8, 4) is 0 Å². The van der Waals surface area contributed by atoms with Crippen molar-refractivity contribution in [2.45, 2.75) is 25.5 Å². The van der Waals surface area contributed by atoms with Crippen LogP contribution in [0.3, 0.4) is 0 Å². The number of nitrogens with two attached hydrogens (primary N) is 1. The van der Waals surface area contributed by atoms with E-state index < -0.39 is 17.6 Å². The molecule has 3 aromatic rings. The van der Waals surface area contributed by atoms with Gasteiger partial charge in [0.05, 0.1) is 23.8 Å². The van der Waals surface area contributed by atoms with Crippen LogP contribution in [-0.2, 0) is 10.3 Å². The minimum Gasteiger partial charge on any atom is -0.451 e. The molecule has 5 N–H and O–H groups in total. The second-order valence-corrected chi connectivity index (χ2v) is 7.90. The van der Waals surface area contributed by atoms with E-state index in [1.165, 1.54) is 6.20 Å². The van der Waals surface area contributed by atoms with Gasteiger partial charge in [-0.2, -0.15) is 4.98 Å². The molecule has 9 heteroatoms. The Morgan fingerprint density at radius 1 is 1.22 bits per heavy atom. The van der Waals surface area contributed by atoms with Gasteiger partial charge in [0.1, 0.15) is 11.4 Å². The number of anilines is 3. The number of hydrogen-bond acceptors (Lipinski definition) is 8. The van der Waals surface area contributed by atoms with E-state index in [4.69, 9.17) is 10.5 Å². The number of fused-ring (bicyclic) bond motifs is 1. The summed E-state index contributed by atoms with van der Waals surface area (Å²) in [5, 5.41) is 16.0. The molecule has 1 amide bonds. The van der Waals surface area contributed by atoms with Crippen molar-refractivity contribution in [2.75, 3.05) is 17.2 Å². The van der Waals surface area contributed by atoms with Gasteiger partial charge >= 0.3 is 5.97 Å². The summed E-state index contributed by atoms with van der Waals surface area (Å²) in [5.74, 6) is -0.650. The third-order valence-corrected chi connectivity index (χ3v) is 5.24. The van der Waals surface area contributed by atoms with E-state index in [0.717, 1.165) is 11.1 Å². The van der Waals surface area contributed by atoms with Crippen molar-refractivity contribution in [1.82, 2.24) is 9.97 Å². The number of benzene rings is 2.